The van der Waals surface area contributed by atoms with E-state index in [1.807, 2.05) is 48.5 Å². The van der Waals surface area contributed by atoms with Gasteiger partial charge in [0.15, 0.2) is 0 Å². The molecule has 0 amide bonds. The van der Waals surface area contributed by atoms with Gasteiger partial charge in [0.1, 0.15) is 0 Å². The molecule has 0 fully saturated rings. The predicted molar refractivity (Wildman–Crippen MR) is 633 cm³/mol. The Morgan fingerprint density at radius 2 is 0.472 bits per heavy atom. The maximum Gasteiger partial charge on any atom is 0.0541 e. The van der Waals surface area contributed by atoms with Crippen molar-refractivity contribution in [1.82, 2.24) is 13.7 Å². The van der Waals surface area contributed by atoms with Gasteiger partial charge in [0, 0.05) is 109 Å². The molecule has 0 atom stereocenters. The summed E-state index contributed by atoms with van der Waals surface area (Å²) < 4.78 is 14.7. The highest BCUT2D eigenvalue weighted by molar-refractivity contribution is 9.11. The summed E-state index contributed by atoms with van der Waals surface area (Å²) in [4.78, 5) is 2.29. The van der Waals surface area contributed by atoms with E-state index >= 15 is 0 Å². The highest BCUT2D eigenvalue weighted by Gasteiger charge is 2.18. The van der Waals surface area contributed by atoms with Crippen molar-refractivity contribution in [2.45, 2.75) is 13.8 Å². The van der Waals surface area contributed by atoms with Crippen LogP contribution in [0, 0.1) is 13.8 Å². The first-order valence-electron chi connectivity index (χ1n) is 46.7. The van der Waals surface area contributed by atoms with Crippen LogP contribution >= 0.6 is 112 Å². The van der Waals surface area contributed by atoms with Crippen molar-refractivity contribution in [3.05, 3.63) is 581 Å². The molecular weight excluding hydrogens is 2190 g/mol. The van der Waals surface area contributed by atoms with E-state index in [0.717, 1.165) is 59.7 Å². The molecule has 0 spiro atoms. The number of hydrogen-bond acceptors (Lipinski definition) is 2. The molecule has 0 saturated heterocycles. The van der Waals surface area contributed by atoms with Gasteiger partial charge in [-0.1, -0.05) is 456 Å². The van der Waals surface area contributed by atoms with Crippen LogP contribution in [0.4, 0.5) is 28.4 Å². The summed E-state index contributed by atoms with van der Waals surface area (Å²) in [6.07, 6.45) is 4.29. The van der Waals surface area contributed by atoms with E-state index in [1.165, 1.54) is 149 Å². The van der Waals surface area contributed by atoms with Crippen LogP contribution in [0.3, 0.4) is 0 Å². The Morgan fingerprint density at radius 1 is 0.197 bits per heavy atom. The lowest BCUT2D eigenvalue weighted by Crippen LogP contribution is -2.09. The van der Waals surface area contributed by atoms with Crippen LogP contribution in [0.1, 0.15) is 22.3 Å². The molecule has 690 valence electrons. The zero-order valence-electron chi connectivity index (χ0n) is 77.8. The minimum atomic E-state index is 1.08. The minimum absolute atomic E-state index is 1.08. The Hall–Kier alpha value is -14.3. The summed E-state index contributed by atoms with van der Waals surface area (Å²) >= 11 is 24.5. The molecule has 5 nitrogen and oxygen atoms in total. The molecule has 24 rings (SSSR count). The fourth-order valence-corrected chi connectivity index (χ4v) is 19.6. The van der Waals surface area contributed by atoms with E-state index in [0.29, 0.717) is 0 Å². The number of anilines is 5. The Labute approximate surface area is 889 Å². The summed E-state index contributed by atoms with van der Waals surface area (Å²) in [5.41, 5.74) is 31.4. The third kappa shape index (κ3) is 24.6. The Balaban J connectivity index is 0.000000111. The maximum absolute atomic E-state index is 3.61. The number of hydrogen-bond donors (Lipinski definition) is 1. The van der Waals surface area contributed by atoms with Crippen molar-refractivity contribution in [1.29, 1.82) is 0 Å². The molecule has 142 heavy (non-hydrogen) atoms. The van der Waals surface area contributed by atoms with Crippen molar-refractivity contribution in [3.63, 3.8) is 0 Å². The molecular formula is C130H96Br7N5. The highest BCUT2D eigenvalue weighted by Crippen LogP contribution is 2.41. The third-order valence-electron chi connectivity index (χ3n) is 24.3. The third-order valence-corrected chi connectivity index (χ3v) is 28.1. The average Bonchev–Trinajstić information content (AvgIpc) is 1.61. The zero-order chi connectivity index (χ0) is 97.5. The van der Waals surface area contributed by atoms with Gasteiger partial charge in [-0.05, 0) is 276 Å². The number of para-hydroxylation sites is 5. The van der Waals surface area contributed by atoms with Gasteiger partial charge < -0.3 is 23.9 Å². The number of aromatic nitrogens is 3. The van der Waals surface area contributed by atoms with E-state index in [1.54, 1.807) is 0 Å². The van der Waals surface area contributed by atoms with Gasteiger partial charge in [-0.25, -0.2) is 0 Å². The van der Waals surface area contributed by atoms with Crippen LogP contribution in [0.25, 0.3) is 139 Å². The van der Waals surface area contributed by atoms with E-state index in [-0.39, 0.29) is 0 Å². The quantitative estimate of drug-likeness (QED) is 0.110. The second-order valence-electron chi connectivity index (χ2n) is 33.9. The number of halogens is 7. The number of benzene rings is 21. The van der Waals surface area contributed by atoms with Gasteiger partial charge in [-0.2, -0.15) is 0 Å². The van der Waals surface area contributed by atoms with Crippen molar-refractivity contribution in [3.8, 4) is 61.6 Å². The molecule has 1 N–H and O–H groups in total. The van der Waals surface area contributed by atoms with Crippen LogP contribution in [-0.2, 0) is 0 Å². The molecule has 24 aromatic rings. The van der Waals surface area contributed by atoms with Crippen LogP contribution < -0.4 is 10.2 Å². The van der Waals surface area contributed by atoms with Gasteiger partial charge in [-0.15, -0.1) is 0 Å². The monoisotopic (exact) mass is 2280 g/mol. The van der Waals surface area contributed by atoms with E-state index in [9.17, 15) is 0 Å². The topological polar surface area (TPSA) is 30.1 Å². The van der Waals surface area contributed by atoms with Crippen LogP contribution in [-0.4, -0.2) is 13.7 Å². The molecule has 12 heteroatoms. The molecule has 3 heterocycles. The summed E-state index contributed by atoms with van der Waals surface area (Å²) in [6.45, 7) is 4.24. The lowest BCUT2D eigenvalue weighted by molar-refractivity contribution is 1.18. The normalized spacial score (nSPS) is 10.8. The first kappa shape index (κ1) is 97.9. The Bertz CT molecular complexity index is 8160. The van der Waals surface area contributed by atoms with Crippen molar-refractivity contribution in [2.75, 3.05) is 10.2 Å². The number of nitrogens with one attached hydrogen (secondary N) is 1. The number of fused-ring (bicyclic) bond motifs is 9. The summed E-state index contributed by atoms with van der Waals surface area (Å²) in [6, 6.07) is 184. The van der Waals surface area contributed by atoms with Gasteiger partial charge in [0.05, 0.1) is 33.1 Å². The molecule has 0 radical (unpaired) electrons. The smallest absolute Gasteiger partial charge is 0.0541 e. The summed E-state index contributed by atoms with van der Waals surface area (Å²) in [7, 11) is 0. The maximum atomic E-state index is 3.61. The van der Waals surface area contributed by atoms with Crippen molar-refractivity contribution >= 4 is 218 Å². The summed E-state index contributed by atoms with van der Waals surface area (Å²) in [5, 5.41) is 11.1. The predicted octanol–water partition coefficient (Wildman–Crippen LogP) is 41.1. The Morgan fingerprint density at radius 3 is 0.873 bits per heavy atom. The van der Waals surface area contributed by atoms with Crippen LogP contribution in [0.5, 0.6) is 0 Å². The van der Waals surface area contributed by atoms with Gasteiger partial charge in [0.2, 0.25) is 0 Å². The standard InChI is InChI=1S/C28H24BrN.C24H16BrN.2C18H12BrN.C18H14BrN.2C12H9Br/c1-21-3-15-26(16-4-21)30(27-17-5-22(2)6-18-27)28-19-11-24(12-20-28)8-7-23-9-13-25(29)14-10-23;25-19-12-15-24-22(16-19)21-8-4-5-9-23(21)26(24)20-13-10-18(11-14-20)17-6-2-1-3-7-17;19-13-6-5-7-14(12-13)20-17-10-3-1-8-15(17)16-9-2-4-11-18(16)20;19-13-9-11-14(12-10-13)20-17-7-3-1-5-15(17)16-6-2-4-8-18(16)20;19-16-8-12-18(13-9-16)20-17-10-6-15(7-11-17)14-4-2-1-3-5-14;13-12-9-5-4-8-11(12)10-6-2-1-3-7-10;13-12-8-6-11(7-9-12)10-4-2-1-3-5-10/h3-20H,1-2H3;1-16H;2*1-12H;1-13,20H;2*1-9H/b8-7+;;;;;;. The van der Waals surface area contributed by atoms with E-state index in [4.69, 9.17) is 0 Å². The largest absolute Gasteiger partial charge is 0.356 e. The fourth-order valence-electron chi connectivity index (χ4n) is 17.3. The van der Waals surface area contributed by atoms with E-state index < -0.39 is 0 Å². The fraction of sp³-hybridized carbons (Fsp3) is 0.0154. The Kier molecular flexibility index (Phi) is 33.0. The SMILES string of the molecule is Brc1ccc(-c2ccccc2)cc1.Brc1ccc(-n2c3ccccc3c3ccccc32)cc1.Brc1ccc(Nc2ccc(-c3ccccc3)cc2)cc1.Brc1ccc2c(c1)c1ccccc1n2-c1ccc(-c2ccccc2)cc1.Brc1cccc(-n2c3ccccc3c3ccccc32)c1.Brc1ccccc1-c1ccccc1.Cc1ccc(N(c2ccc(C)cc2)c2ccc(/C=C/c3ccc(Br)cc3)cc2)cc1. The lowest BCUT2D eigenvalue weighted by atomic mass is 10.1. The molecule has 0 saturated carbocycles. The second kappa shape index (κ2) is 47.8. The summed E-state index contributed by atoms with van der Waals surface area (Å²) in [5.74, 6) is 0. The lowest BCUT2D eigenvalue weighted by Gasteiger charge is -2.25. The zero-order valence-corrected chi connectivity index (χ0v) is 88.9. The van der Waals surface area contributed by atoms with Gasteiger partial charge in [0.25, 0.3) is 0 Å². The number of aryl methyl sites for hydroxylation is 2. The molecule has 0 aliphatic carbocycles. The van der Waals surface area contributed by atoms with Crippen LogP contribution in [0.15, 0.2) is 559 Å². The van der Waals surface area contributed by atoms with Crippen molar-refractivity contribution < 1.29 is 0 Å². The molecule has 0 bridgehead atoms. The first-order chi connectivity index (χ1) is 69.6. The molecule has 0 unspecified atom stereocenters. The molecule has 0 aliphatic rings. The molecule has 21 aromatic carbocycles. The van der Waals surface area contributed by atoms with Gasteiger partial charge in [-0.3, -0.25) is 0 Å². The molecule has 3 aromatic heterocycles. The average molecular weight is 2290 g/mol. The number of rotatable bonds is 14. The van der Waals surface area contributed by atoms with E-state index in [2.05, 4.69) is 641 Å². The number of nitrogens with zero attached hydrogens (tertiary/aromatic N) is 4. The van der Waals surface area contributed by atoms with Crippen LogP contribution in [0.2, 0.25) is 0 Å². The highest BCUT2D eigenvalue weighted by atomic mass is 79.9. The van der Waals surface area contributed by atoms with Crippen molar-refractivity contribution in [2.24, 2.45) is 0 Å². The first-order valence-corrected chi connectivity index (χ1v) is 52.3. The second-order valence-corrected chi connectivity index (χ2v) is 40.2. The molecule has 0 aliphatic heterocycles. The van der Waals surface area contributed by atoms with Gasteiger partial charge >= 0.3 is 0 Å². The minimum Gasteiger partial charge on any atom is -0.356 e.